The largest absolute Gasteiger partial charge is 0.455 e. The first-order valence-electron chi connectivity index (χ1n) is 15.2. The van der Waals surface area contributed by atoms with Crippen LogP contribution in [0, 0.1) is 11.8 Å². The maximum atomic E-state index is 13.5. The van der Waals surface area contributed by atoms with Crippen LogP contribution in [0.3, 0.4) is 0 Å². The third-order valence-corrected chi connectivity index (χ3v) is 7.79. The van der Waals surface area contributed by atoms with E-state index in [1.54, 1.807) is 4.90 Å². The number of aliphatic hydroxyl groups is 1. The third kappa shape index (κ3) is 10.2. The van der Waals surface area contributed by atoms with Crippen LogP contribution in [-0.2, 0) is 32.1 Å². The Morgan fingerprint density at radius 2 is 1.51 bits per heavy atom. The summed E-state index contributed by atoms with van der Waals surface area (Å²) in [7, 11) is 0. The number of ether oxygens (including phenoxy) is 1. The molecule has 0 bridgehead atoms. The van der Waals surface area contributed by atoms with Gasteiger partial charge in [-0.05, 0) is 48.8 Å². The fourth-order valence-electron chi connectivity index (χ4n) is 5.37. The second-order valence-corrected chi connectivity index (χ2v) is 11.0. The van der Waals surface area contributed by atoms with E-state index in [-0.39, 0.29) is 49.8 Å². The Bertz CT molecular complexity index is 1310. The molecule has 7 heteroatoms. The van der Waals surface area contributed by atoms with Crippen molar-refractivity contribution in [2.24, 2.45) is 11.8 Å². The van der Waals surface area contributed by atoms with Crippen LogP contribution in [0.4, 0.5) is 0 Å². The minimum absolute atomic E-state index is 0.0119. The molecule has 1 heterocycles. The van der Waals surface area contributed by atoms with Crippen molar-refractivity contribution in [2.45, 2.75) is 51.2 Å². The highest BCUT2D eigenvalue weighted by molar-refractivity contribution is 5.86. The molecule has 3 aromatic carbocycles. The smallest absolute Gasteiger partial charge is 0.309 e. The van der Waals surface area contributed by atoms with Crippen molar-refractivity contribution >= 4 is 17.8 Å². The van der Waals surface area contributed by atoms with Gasteiger partial charge in [0.25, 0.3) is 0 Å². The van der Waals surface area contributed by atoms with Crippen molar-refractivity contribution in [3.8, 4) is 0 Å². The van der Waals surface area contributed by atoms with Gasteiger partial charge in [0.1, 0.15) is 6.10 Å². The Morgan fingerprint density at radius 1 is 0.860 bits per heavy atom. The summed E-state index contributed by atoms with van der Waals surface area (Å²) < 4.78 is 6.09. The molecule has 0 fully saturated rings. The zero-order valence-corrected chi connectivity index (χ0v) is 24.6. The summed E-state index contributed by atoms with van der Waals surface area (Å²) in [5.74, 6) is -1.63. The van der Waals surface area contributed by atoms with Gasteiger partial charge in [-0.25, -0.2) is 0 Å². The minimum Gasteiger partial charge on any atom is -0.455 e. The van der Waals surface area contributed by atoms with Crippen molar-refractivity contribution in [3.05, 3.63) is 120 Å². The number of rotatable bonds is 9. The van der Waals surface area contributed by atoms with Gasteiger partial charge in [-0.2, -0.15) is 0 Å². The number of amides is 2. The SMILES string of the molecule is O=C1NC[C@H](c2ccccc2)OC(=O)[C@@H](Cc2ccccc2)CCCC=CC[C@@H]1CC(=O)N(CCO)Cc1ccccc1. The first-order valence-corrected chi connectivity index (χ1v) is 15.2. The summed E-state index contributed by atoms with van der Waals surface area (Å²) in [6.45, 7) is 0.491. The fraction of sp³-hybridized carbons (Fsp3) is 0.361. The lowest BCUT2D eigenvalue weighted by atomic mass is 9.93. The zero-order chi connectivity index (χ0) is 30.3. The van der Waals surface area contributed by atoms with E-state index in [1.807, 2.05) is 103 Å². The number of allylic oxidation sites excluding steroid dienone is 2. The van der Waals surface area contributed by atoms with Gasteiger partial charge in [-0.1, -0.05) is 103 Å². The molecule has 0 saturated carbocycles. The predicted octanol–water partition coefficient (Wildman–Crippen LogP) is 5.40. The summed E-state index contributed by atoms with van der Waals surface area (Å²) >= 11 is 0. The first kappa shape index (κ1) is 31.7. The Kier molecular flexibility index (Phi) is 12.5. The van der Waals surface area contributed by atoms with Crippen molar-refractivity contribution in [1.82, 2.24) is 10.2 Å². The van der Waals surface area contributed by atoms with Crippen LogP contribution in [-0.4, -0.2) is 47.5 Å². The lowest BCUT2D eigenvalue weighted by molar-refractivity contribution is -0.155. The monoisotopic (exact) mass is 582 g/mol. The number of benzene rings is 3. The second-order valence-electron chi connectivity index (χ2n) is 11.0. The topological polar surface area (TPSA) is 95.9 Å². The van der Waals surface area contributed by atoms with Gasteiger partial charge < -0.3 is 20.1 Å². The molecule has 2 amide bonds. The Morgan fingerprint density at radius 3 is 2.19 bits per heavy atom. The van der Waals surface area contributed by atoms with Crippen LogP contribution in [0.1, 0.15) is 54.9 Å². The lowest BCUT2D eigenvalue weighted by Crippen LogP contribution is -2.39. The van der Waals surface area contributed by atoms with Gasteiger partial charge in [0.15, 0.2) is 0 Å². The normalized spacial score (nSPS) is 20.0. The summed E-state index contributed by atoms with van der Waals surface area (Å²) in [5.41, 5.74) is 2.84. The van der Waals surface area contributed by atoms with Crippen molar-refractivity contribution in [1.29, 1.82) is 0 Å². The zero-order valence-electron chi connectivity index (χ0n) is 24.6. The molecule has 1 aliphatic heterocycles. The number of nitrogens with zero attached hydrogens (tertiary/aromatic N) is 1. The highest BCUT2D eigenvalue weighted by Gasteiger charge is 2.28. The quantitative estimate of drug-likeness (QED) is 0.260. The molecule has 0 aromatic heterocycles. The van der Waals surface area contributed by atoms with E-state index in [9.17, 15) is 19.5 Å². The van der Waals surface area contributed by atoms with E-state index in [1.165, 1.54) is 0 Å². The summed E-state index contributed by atoms with van der Waals surface area (Å²) in [6.07, 6.45) is 6.61. The van der Waals surface area contributed by atoms with E-state index in [4.69, 9.17) is 4.74 Å². The molecule has 3 aromatic rings. The number of carbonyl (C=O) groups is 3. The van der Waals surface area contributed by atoms with Gasteiger partial charge in [-0.3, -0.25) is 14.4 Å². The molecule has 1 aliphatic rings. The Hall–Kier alpha value is -4.23. The van der Waals surface area contributed by atoms with Gasteiger partial charge in [0, 0.05) is 19.5 Å². The van der Waals surface area contributed by atoms with Crippen molar-refractivity contribution in [3.63, 3.8) is 0 Å². The van der Waals surface area contributed by atoms with Crippen LogP contribution in [0.5, 0.6) is 0 Å². The summed E-state index contributed by atoms with van der Waals surface area (Å²) in [5, 5.41) is 12.6. The summed E-state index contributed by atoms with van der Waals surface area (Å²) in [6, 6.07) is 29.0. The molecule has 2 N–H and O–H groups in total. The van der Waals surface area contributed by atoms with Gasteiger partial charge in [-0.15, -0.1) is 0 Å². The lowest BCUT2D eigenvalue weighted by Gasteiger charge is -2.26. The van der Waals surface area contributed by atoms with Crippen molar-refractivity contribution < 1.29 is 24.2 Å². The molecule has 226 valence electrons. The number of cyclic esters (lactones) is 1. The predicted molar refractivity (Wildman–Crippen MR) is 167 cm³/mol. The van der Waals surface area contributed by atoms with E-state index in [2.05, 4.69) is 5.32 Å². The van der Waals surface area contributed by atoms with Crippen molar-refractivity contribution in [2.75, 3.05) is 19.7 Å². The molecule has 0 aliphatic carbocycles. The molecule has 0 spiro atoms. The van der Waals surface area contributed by atoms with E-state index in [0.29, 0.717) is 25.8 Å². The van der Waals surface area contributed by atoms with E-state index >= 15 is 0 Å². The van der Waals surface area contributed by atoms with Crippen LogP contribution < -0.4 is 5.32 Å². The number of hydrogen-bond donors (Lipinski definition) is 2. The van der Waals surface area contributed by atoms with E-state index in [0.717, 1.165) is 29.5 Å². The van der Waals surface area contributed by atoms with Crippen LogP contribution in [0.2, 0.25) is 0 Å². The minimum atomic E-state index is -0.658. The van der Waals surface area contributed by atoms with E-state index < -0.39 is 12.0 Å². The Balaban J connectivity index is 1.51. The molecule has 7 nitrogen and oxygen atoms in total. The molecule has 43 heavy (non-hydrogen) atoms. The highest BCUT2D eigenvalue weighted by Crippen LogP contribution is 2.24. The standard InChI is InChI=1S/C36H42N2O5/c39-23-22-38(27-29-16-8-4-9-17-29)34(40)25-31-20-10-1-2-11-21-32(24-28-14-6-3-7-15-28)36(42)43-33(26-37-35(31)41)30-18-12-5-13-19-30/h1,3-10,12-19,31-33,39H,2,11,20-27H2,(H,37,41)/t31-,32-,33-/m1/s1. The number of hydrogen-bond acceptors (Lipinski definition) is 5. The van der Waals surface area contributed by atoms with Crippen LogP contribution in [0.15, 0.2) is 103 Å². The molecule has 0 unspecified atom stereocenters. The molecular weight excluding hydrogens is 540 g/mol. The maximum Gasteiger partial charge on any atom is 0.309 e. The second kappa shape index (κ2) is 17.0. The number of esters is 1. The number of aliphatic hydroxyl groups excluding tert-OH is 1. The first-order chi connectivity index (χ1) is 21.0. The average molecular weight is 583 g/mol. The molecule has 0 radical (unpaired) electrons. The van der Waals surface area contributed by atoms with Gasteiger partial charge >= 0.3 is 5.97 Å². The highest BCUT2D eigenvalue weighted by atomic mass is 16.5. The fourth-order valence-corrected chi connectivity index (χ4v) is 5.37. The van der Waals surface area contributed by atoms with Gasteiger partial charge in [0.05, 0.1) is 25.0 Å². The molecular formula is C36H42N2O5. The summed E-state index contributed by atoms with van der Waals surface area (Å²) in [4.78, 5) is 42.0. The van der Waals surface area contributed by atoms with Crippen LogP contribution >= 0.6 is 0 Å². The maximum absolute atomic E-state index is 13.5. The molecule has 4 rings (SSSR count). The van der Waals surface area contributed by atoms with Crippen LogP contribution in [0.25, 0.3) is 0 Å². The number of nitrogens with one attached hydrogen (secondary N) is 1. The molecule has 0 saturated heterocycles. The van der Waals surface area contributed by atoms with Gasteiger partial charge in [0.2, 0.25) is 11.8 Å². The molecule has 3 atom stereocenters. The third-order valence-electron chi connectivity index (χ3n) is 7.79. The number of carbonyl (C=O) groups excluding carboxylic acids is 3. The average Bonchev–Trinajstić information content (AvgIpc) is 3.04. The Labute approximate surface area is 254 Å².